The number of ether oxygens (including phenoxy) is 1. The summed E-state index contributed by atoms with van der Waals surface area (Å²) in [5.74, 6) is -1.24. The molecule has 0 aromatic heterocycles. The van der Waals surface area contributed by atoms with E-state index in [-0.39, 0.29) is 22.8 Å². The molecule has 5 heteroatoms. The molecule has 0 radical (unpaired) electrons. The summed E-state index contributed by atoms with van der Waals surface area (Å²) in [7, 11) is 0. The highest BCUT2D eigenvalue weighted by molar-refractivity contribution is 6.14. The van der Waals surface area contributed by atoms with E-state index >= 15 is 0 Å². The molecule has 0 heterocycles. The van der Waals surface area contributed by atoms with E-state index in [2.05, 4.69) is 5.32 Å². The highest BCUT2D eigenvalue weighted by atomic mass is 16.5. The third-order valence-corrected chi connectivity index (χ3v) is 4.74. The van der Waals surface area contributed by atoms with Gasteiger partial charge in [-0.3, -0.25) is 9.59 Å². The Morgan fingerprint density at radius 1 is 0.800 bits per heavy atom. The minimum atomic E-state index is -0.707. The molecular weight excluding hydrogens is 378 g/mol. The van der Waals surface area contributed by atoms with Gasteiger partial charge in [0.2, 0.25) is 0 Å². The Hall–Kier alpha value is -3.73. The molecule has 0 spiro atoms. The molecule has 0 saturated carbocycles. The maximum Gasteiger partial charge on any atom is 0.339 e. The zero-order valence-electron chi connectivity index (χ0n) is 16.7. The zero-order chi connectivity index (χ0) is 21.3. The monoisotopic (exact) mass is 401 g/mol. The maximum atomic E-state index is 12.7. The van der Waals surface area contributed by atoms with Crippen molar-refractivity contribution in [3.05, 3.63) is 107 Å². The minimum Gasteiger partial charge on any atom is -0.452 e. The number of hydrogen-bond donors (Lipinski definition) is 1. The van der Waals surface area contributed by atoms with E-state index in [1.54, 1.807) is 42.5 Å². The highest BCUT2D eigenvalue weighted by Crippen LogP contribution is 2.16. The predicted octanol–water partition coefficient (Wildman–Crippen LogP) is 3.99. The molecule has 1 N–H and O–H groups in total. The van der Waals surface area contributed by atoms with Crippen LogP contribution >= 0.6 is 0 Å². The number of rotatable bonds is 8. The first-order valence-corrected chi connectivity index (χ1v) is 9.74. The second kappa shape index (κ2) is 10.2. The molecule has 0 fully saturated rings. The molecule has 0 aliphatic carbocycles. The van der Waals surface area contributed by atoms with Crippen LogP contribution < -0.4 is 5.32 Å². The van der Waals surface area contributed by atoms with E-state index in [0.29, 0.717) is 12.1 Å². The van der Waals surface area contributed by atoms with Gasteiger partial charge in [0.25, 0.3) is 5.91 Å². The lowest BCUT2D eigenvalue weighted by Crippen LogP contribution is -2.31. The fraction of sp³-hybridized carbons (Fsp3) is 0.160. The predicted molar refractivity (Wildman–Crippen MR) is 114 cm³/mol. The van der Waals surface area contributed by atoms with E-state index in [9.17, 15) is 14.4 Å². The third kappa shape index (κ3) is 5.41. The van der Waals surface area contributed by atoms with Crippen molar-refractivity contribution in [3.8, 4) is 0 Å². The maximum absolute atomic E-state index is 12.7. The number of ketones is 1. The van der Waals surface area contributed by atoms with Crippen molar-refractivity contribution >= 4 is 17.7 Å². The van der Waals surface area contributed by atoms with Gasteiger partial charge in [0.1, 0.15) is 0 Å². The van der Waals surface area contributed by atoms with Crippen molar-refractivity contribution in [2.75, 3.05) is 13.2 Å². The summed E-state index contributed by atoms with van der Waals surface area (Å²) in [5.41, 5.74) is 1.97. The normalized spacial score (nSPS) is 11.4. The van der Waals surface area contributed by atoms with Gasteiger partial charge in [0, 0.05) is 17.7 Å². The van der Waals surface area contributed by atoms with Gasteiger partial charge in [-0.2, -0.15) is 0 Å². The Kier molecular flexibility index (Phi) is 7.11. The average Bonchev–Trinajstić information content (AvgIpc) is 2.81. The number of hydrogen-bond acceptors (Lipinski definition) is 4. The van der Waals surface area contributed by atoms with Crippen LogP contribution in [0.1, 0.15) is 44.7 Å². The molecule has 0 saturated heterocycles. The molecule has 5 nitrogen and oxygen atoms in total. The Morgan fingerprint density at radius 2 is 1.37 bits per heavy atom. The molecule has 3 aromatic carbocycles. The van der Waals surface area contributed by atoms with Crippen LogP contribution in [0.15, 0.2) is 84.9 Å². The van der Waals surface area contributed by atoms with E-state index in [1.807, 2.05) is 43.3 Å². The summed E-state index contributed by atoms with van der Waals surface area (Å²) in [6.45, 7) is 2.03. The van der Waals surface area contributed by atoms with Crippen molar-refractivity contribution < 1.29 is 19.1 Å². The standard InChI is InChI=1S/C25H23NO4/c1-18(19-10-4-2-5-11-19)16-26-23(27)17-30-25(29)22-15-9-8-14-21(22)24(28)20-12-6-3-7-13-20/h2-15,18H,16-17H2,1H3,(H,26,27). The molecule has 0 aliphatic rings. The van der Waals surface area contributed by atoms with Crippen molar-refractivity contribution in [2.24, 2.45) is 0 Å². The Labute approximate surface area is 175 Å². The smallest absolute Gasteiger partial charge is 0.339 e. The van der Waals surface area contributed by atoms with Crippen LogP contribution in [0.2, 0.25) is 0 Å². The van der Waals surface area contributed by atoms with E-state index < -0.39 is 18.5 Å². The van der Waals surface area contributed by atoms with E-state index in [1.165, 1.54) is 6.07 Å². The fourth-order valence-electron chi connectivity index (χ4n) is 3.03. The molecule has 1 amide bonds. The second-order valence-electron chi connectivity index (χ2n) is 6.93. The number of amides is 1. The van der Waals surface area contributed by atoms with Crippen LogP contribution in [0.25, 0.3) is 0 Å². The van der Waals surface area contributed by atoms with Crippen LogP contribution in [0, 0.1) is 0 Å². The molecular formula is C25H23NO4. The van der Waals surface area contributed by atoms with Gasteiger partial charge >= 0.3 is 5.97 Å². The lowest BCUT2D eigenvalue weighted by Gasteiger charge is -2.13. The van der Waals surface area contributed by atoms with Crippen LogP contribution in [-0.2, 0) is 9.53 Å². The van der Waals surface area contributed by atoms with Crippen molar-refractivity contribution in [2.45, 2.75) is 12.8 Å². The van der Waals surface area contributed by atoms with Gasteiger partial charge in [0.15, 0.2) is 12.4 Å². The van der Waals surface area contributed by atoms with Crippen molar-refractivity contribution in [1.82, 2.24) is 5.32 Å². The van der Waals surface area contributed by atoms with Crippen LogP contribution in [0.4, 0.5) is 0 Å². The number of benzene rings is 3. The summed E-state index contributed by atoms with van der Waals surface area (Å²) in [5, 5.41) is 2.77. The molecule has 152 valence electrons. The fourth-order valence-corrected chi connectivity index (χ4v) is 3.03. The lowest BCUT2D eigenvalue weighted by molar-refractivity contribution is -0.124. The van der Waals surface area contributed by atoms with Crippen LogP contribution in [-0.4, -0.2) is 30.8 Å². The molecule has 3 rings (SSSR count). The second-order valence-corrected chi connectivity index (χ2v) is 6.93. The van der Waals surface area contributed by atoms with Gasteiger partial charge in [-0.05, 0) is 17.5 Å². The van der Waals surface area contributed by atoms with Crippen molar-refractivity contribution in [3.63, 3.8) is 0 Å². The third-order valence-electron chi connectivity index (χ3n) is 4.74. The summed E-state index contributed by atoms with van der Waals surface area (Å²) in [6, 6.07) is 25.0. The molecule has 0 bridgehead atoms. The summed E-state index contributed by atoms with van der Waals surface area (Å²) in [4.78, 5) is 37.3. The lowest BCUT2D eigenvalue weighted by atomic mass is 9.98. The zero-order valence-corrected chi connectivity index (χ0v) is 16.7. The van der Waals surface area contributed by atoms with Crippen LogP contribution in [0.3, 0.4) is 0 Å². The first-order chi connectivity index (χ1) is 14.6. The van der Waals surface area contributed by atoms with Gasteiger partial charge in [-0.1, -0.05) is 85.8 Å². The quantitative estimate of drug-likeness (QED) is 0.458. The number of carbonyl (C=O) groups excluding carboxylic acids is 3. The summed E-state index contributed by atoms with van der Waals surface area (Å²) >= 11 is 0. The number of nitrogens with one attached hydrogen (secondary N) is 1. The Bertz CT molecular complexity index is 1020. The summed E-state index contributed by atoms with van der Waals surface area (Å²) < 4.78 is 5.15. The van der Waals surface area contributed by atoms with Crippen LogP contribution in [0.5, 0.6) is 0 Å². The largest absolute Gasteiger partial charge is 0.452 e. The number of esters is 1. The Morgan fingerprint density at radius 3 is 2.03 bits per heavy atom. The highest BCUT2D eigenvalue weighted by Gasteiger charge is 2.19. The summed E-state index contributed by atoms with van der Waals surface area (Å²) in [6.07, 6.45) is 0. The molecule has 30 heavy (non-hydrogen) atoms. The van der Waals surface area contributed by atoms with E-state index in [4.69, 9.17) is 4.74 Å². The molecule has 3 aromatic rings. The molecule has 1 atom stereocenters. The van der Waals surface area contributed by atoms with Gasteiger partial charge in [-0.15, -0.1) is 0 Å². The number of carbonyl (C=O) groups is 3. The van der Waals surface area contributed by atoms with Gasteiger partial charge in [-0.25, -0.2) is 4.79 Å². The van der Waals surface area contributed by atoms with Gasteiger partial charge in [0.05, 0.1) is 5.56 Å². The minimum absolute atomic E-state index is 0.134. The van der Waals surface area contributed by atoms with E-state index in [0.717, 1.165) is 5.56 Å². The van der Waals surface area contributed by atoms with Gasteiger partial charge < -0.3 is 10.1 Å². The SMILES string of the molecule is CC(CNC(=O)COC(=O)c1ccccc1C(=O)c1ccccc1)c1ccccc1. The van der Waals surface area contributed by atoms with Crippen molar-refractivity contribution in [1.29, 1.82) is 0 Å². The first kappa shape index (κ1) is 21.0. The first-order valence-electron chi connectivity index (χ1n) is 9.74. The average molecular weight is 401 g/mol. The molecule has 0 aliphatic heterocycles. The Balaban J connectivity index is 1.57. The molecule has 1 unspecified atom stereocenters. The topological polar surface area (TPSA) is 72.5 Å².